The van der Waals surface area contributed by atoms with Crippen molar-refractivity contribution in [2.24, 2.45) is 5.73 Å². The zero-order valence-electron chi connectivity index (χ0n) is 10.2. The van der Waals surface area contributed by atoms with E-state index in [1.807, 2.05) is 0 Å². The van der Waals surface area contributed by atoms with Gasteiger partial charge >= 0.3 is 6.18 Å². The van der Waals surface area contributed by atoms with Crippen LogP contribution in [0.3, 0.4) is 0 Å². The fraction of sp³-hybridized carbons (Fsp3) is 0.0714. The Labute approximate surface area is 119 Å². The number of halogens is 3. The van der Waals surface area contributed by atoms with Gasteiger partial charge in [0.1, 0.15) is 4.99 Å². The molecule has 2 rings (SSSR count). The van der Waals surface area contributed by atoms with Gasteiger partial charge in [0.25, 0.3) is 0 Å². The van der Waals surface area contributed by atoms with Crippen molar-refractivity contribution in [2.45, 2.75) is 6.18 Å². The maximum atomic E-state index is 12.9. The molecule has 0 amide bonds. The first-order valence-electron chi connectivity index (χ1n) is 5.71. The third-order valence-electron chi connectivity index (χ3n) is 2.69. The first-order valence-corrected chi connectivity index (χ1v) is 6.12. The van der Waals surface area contributed by atoms with Crippen molar-refractivity contribution < 1.29 is 13.2 Å². The van der Waals surface area contributed by atoms with Gasteiger partial charge in [-0.2, -0.15) is 13.2 Å². The van der Waals surface area contributed by atoms with Crippen LogP contribution in [0.2, 0.25) is 0 Å². The molecule has 0 bridgehead atoms. The highest BCUT2D eigenvalue weighted by atomic mass is 32.1. The molecule has 0 aliphatic heterocycles. The van der Waals surface area contributed by atoms with E-state index in [0.29, 0.717) is 11.3 Å². The SMILES string of the molecule is NC(=S)c1ccccc1Nc1ccccc1C(F)(F)F. The molecule has 0 heterocycles. The molecular formula is C14H11F3N2S. The molecule has 2 aromatic rings. The van der Waals surface area contributed by atoms with Gasteiger partial charge in [-0.15, -0.1) is 0 Å². The van der Waals surface area contributed by atoms with Gasteiger partial charge in [0, 0.05) is 11.3 Å². The van der Waals surface area contributed by atoms with Crippen LogP contribution in [-0.4, -0.2) is 4.99 Å². The number of hydrogen-bond acceptors (Lipinski definition) is 2. The summed E-state index contributed by atoms with van der Waals surface area (Å²) in [7, 11) is 0. The van der Waals surface area contributed by atoms with Crippen molar-refractivity contribution in [1.82, 2.24) is 0 Å². The maximum Gasteiger partial charge on any atom is 0.418 e. The van der Waals surface area contributed by atoms with Crippen molar-refractivity contribution in [3.8, 4) is 0 Å². The summed E-state index contributed by atoms with van der Waals surface area (Å²) in [6.07, 6.45) is -4.43. The number of hydrogen-bond donors (Lipinski definition) is 2. The van der Waals surface area contributed by atoms with E-state index in [4.69, 9.17) is 18.0 Å². The number of benzene rings is 2. The van der Waals surface area contributed by atoms with E-state index >= 15 is 0 Å². The van der Waals surface area contributed by atoms with E-state index < -0.39 is 11.7 Å². The molecule has 0 saturated heterocycles. The molecule has 20 heavy (non-hydrogen) atoms. The lowest BCUT2D eigenvalue weighted by Gasteiger charge is -2.16. The Morgan fingerprint density at radius 3 is 2.10 bits per heavy atom. The van der Waals surface area contributed by atoms with Gasteiger partial charge in [-0.1, -0.05) is 36.5 Å². The highest BCUT2D eigenvalue weighted by Crippen LogP contribution is 2.36. The third kappa shape index (κ3) is 3.08. The van der Waals surface area contributed by atoms with Crippen LogP contribution in [0, 0.1) is 0 Å². The van der Waals surface area contributed by atoms with Gasteiger partial charge in [-0.25, -0.2) is 0 Å². The second-order valence-electron chi connectivity index (χ2n) is 4.08. The highest BCUT2D eigenvalue weighted by Gasteiger charge is 2.33. The number of alkyl halides is 3. The van der Waals surface area contributed by atoms with E-state index in [2.05, 4.69) is 5.32 Å². The van der Waals surface area contributed by atoms with Crippen molar-refractivity contribution >= 4 is 28.6 Å². The predicted molar refractivity (Wildman–Crippen MR) is 77.1 cm³/mol. The Morgan fingerprint density at radius 2 is 1.50 bits per heavy atom. The molecule has 0 aromatic heterocycles. The maximum absolute atomic E-state index is 12.9. The average Bonchev–Trinajstić information content (AvgIpc) is 2.38. The van der Waals surface area contributed by atoms with Crippen LogP contribution >= 0.6 is 12.2 Å². The van der Waals surface area contributed by atoms with Crippen LogP contribution in [0.4, 0.5) is 24.5 Å². The van der Waals surface area contributed by atoms with Crippen LogP contribution in [0.15, 0.2) is 48.5 Å². The standard InChI is InChI=1S/C14H11F3N2S/c15-14(16,17)10-6-2-4-8-12(10)19-11-7-3-1-5-9(11)13(18)20/h1-8,19H,(H2,18,20). The number of anilines is 2. The fourth-order valence-corrected chi connectivity index (χ4v) is 1.97. The summed E-state index contributed by atoms with van der Waals surface area (Å²) in [5.74, 6) is 0. The Hall–Kier alpha value is -2.08. The summed E-state index contributed by atoms with van der Waals surface area (Å²) in [4.78, 5) is 0.123. The molecule has 0 unspecified atom stereocenters. The molecule has 0 atom stereocenters. The lowest BCUT2D eigenvalue weighted by Crippen LogP contribution is -2.13. The summed E-state index contributed by atoms with van der Waals surface area (Å²) < 4.78 is 38.8. The predicted octanol–water partition coefficient (Wildman–Crippen LogP) is 4.08. The molecule has 3 N–H and O–H groups in total. The number of nitrogens with one attached hydrogen (secondary N) is 1. The van der Waals surface area contributed by atoms with Crippen LogP contribution in [0.1, 0.15) is 11.1 Å². The second-order valence-corrected chi connectivity index (χ2v) is 4.52. The third-order valence-corrected chi connectivity index (χ3v) is 2.91. The van der Waals surface area contributed by atoms with Crippen molar-refractivity contribution in [2.75, 3.05) is 5.32 Å². The quantitative estimate of drug-likeness (QED) is 0.838. The van der Waals surface area contributed by atoms with Gasteiger partial charge in [0.05, 0.1) is 11.3 Å². The van der Waals surface area contributed by atoms with Crippen molar-refractivity contribution in [1.29, 1.82) is 0 Å². The summed E-state index contributed by atoms with van der Waals surface area (Å²) in [6, 6.07) is 11.9. The normalized spacial score (nSPS) is 11.2. The average molecular weight is 296 g/mol. The monoisotopic (exact) mass is 296 g/mol. The highest BCUT2D eigenvalue weighted by molar-refractivity contribution is 7.80. The summed E-state index contributed by atoms with van der Waals surface area (Å²) in [6.45, 7) is 0. The Balaban J connectivity index is 2.44. The van der Waals surface area contributed by atoms with Crippen LogP contribution in [0.25, 0.3) is 0 Å². The van der Waals surface area contributed by atoms with Crippen LogP contribution in [-0.2, 0) is 6.18 Å². The molecule has 0 aliphatic rings. The molecule has 0 spiro atoms. The Morgan fingerprint density at radius 1 is 0.950 bits per heavy atom. The first kappa shape index (κ1) is 14.3. The van der Waals surface area contributed by atoms with Gasteiger partial charge in [0.2, 0.25) is 0 Å². The van der Waals surface area contributed by atoms with Gasteiger partial charge in [-0.05, 0) is 24.3 Å². The molecule has 0 radical (unpaired) electrons. The lowest BCUT2D eigenvalue weighted by molar-refractivity contribution is -0.136. The fourth-order valence-electron chi connectivity index (χ4n) is 1.79. The lowest BCUT2D eigenvalue weighted by atomic mass is 10.1. The van der Waals surface area contributed by atoms with Crippen molar-refractivity contribution in [3.63, 3.8) is 0 Å². The largest absolute Gasteiger partial charge is 0.418 e. The molecule has 6 heteroatoms. The van der Waals surface area contributed by atoms with Crippen LogP contribution < -0.4 is 11.1 Å². The molecule has 0 aliphatic carbocycles. The molecular weight excluding hydrogens is 285 g/mol. The molecule has 0 saturated carbocycles. The smallest absolute Gasteiger partial charge is 0.389 e. The van der Waals surface area contributed by atoms with Gasteiger partial charge in [0.15, 0.2) is 0 Å². The number of rotatable bonds is 3. The summed E-state index contributed by atoms with van der Waals surface area (Å²) in [5.41, 5.74) is 5.73. The van der Waals surface area contributed by atoms with E-state index in [9.17, 15) is 13.2 Å². The zero-order valence-corrected chi connectivity index (χ0v) is 11.1. The van der Waals surface area contributed by atoms with Crippen LogP contribution in [0.5, 0.6) is 0 Å². The van der Waals surface area contributed by atoms with Gasteiger partial charge < -0.3 is 11.1 Å². The minimum absolute atomic E-state index is 0.0382. The molecule has 2 nitrogen and oxygen atoms in total. The van der Waals surface area contributed by atoms with E-state index in [0.717, 1.165) is 6.07 Å². The van der Waals surface area contributed by atoms with Crippen molar-refractivity contribution in [3.05, 3.63) is 59.7 Å². The number of nitrogens with two attached hydrogens (primary N) is 1. The molecule has 104 valence electrons. The summed E-state index contributed by atoms with van der Waals surface area (Å²) >= 11 is 4.89. The Kier molecular flexibility index (Phi) is 3.94. The first-order chi connectivity index (χ1) is 9.39. The number of thiocarbonyl (C=S) groups is 1. The van der Waals surface area contributed by atoms with Gasteiger partial charge in [-0.3, -0.25) is 0 Å². The number of para-hydroxylation sites is 2. The minimum atomic E-state index is -4.43. The van der Waals surface area contributed by atoms with E-state index in [1.165, 1.54) is 18.2 Å². The molecule has 0 fully saturated rings. The summed E-state index contributed by atoms with van der Waals surface area (Å²) in [5, 5.41) is 2.74. The molecule has 2 aromatic carbocycles. The van der Waals surface area contributed by atoms with E-state index in [-0.39, 0.29) is 10.7 Å². The zero-order chi connectivity index (χ0) is 14.8. The van der Waals surface area contributed by atoms with E-state index in [1.54, 1.807) is 24.3 Å². The minimum Gasteiger partial charge on any atom is -0.389 e. The second kappa shape index (κ2) is 5.50. The topological polar surface area (TPSA) is 38.0 Å². The Bertz CT molecular complexity index is 638.